The van der Waals surface area contributed by atoms with Crippen molar-refractivity contribution >= 4 is 22.7 Å². The van der Waals surface area contributed by atoms with Gasteiger partial charge in [0.15, 0.2) is 0 Å². The summed E-state index contributed by atoms with van der Waals surface area (Å²) in [5.41, 5.74) is 8.29. The SMILES string of the molecule is C=C(OC)c1ccc(OC(=O)c2cc3cc(C[NH-])ccc3oc2=O)cc1. The van der Waals surface area contributed by atoms with Gasteiger partial charge in [0.25, 0.3) is 0 Å². The van der Waals surface area contributed by atoms with Crippen molar-refractivity contribution < 1.29 is 18.7 Å². The van der Waals surface area contributed by atoms with E-state index in [-0.39, 0.29) is 17.9 Å². The third-order valence-corrected chi connectivity index (χ3v) is 3.85. The van der Waals surface area contributed by atoms with Crippen LogP contribution in [0.5, 0.6) is 5.75 Å². The zero-order chi connectivity index (χ0) is 18.7. The lowest BCUT2D eigenvalue weighted by atomic mass is 10.1. The fraction of sp³-hybridized carbons (Fsp3) is 0.100. The van der Waals surface area contributed by atoms with Crippen molar-refractivity contribution in [1.29, 1.82) is 0 Å². The second-order valence-corrected chi connectivity index (χ2v) is 5.54. The number of hydrogen-bond donors (Lipinski definition) is 0. The monoisotopic (exact) mass is 350 g/mol. The van der Waals surface area contributed by atoms with Crippen molar-refractivity contribution in [3.8, 4) is 5.75 Å². The molecule has 0 saturated heterocycles. The molecular weight excluding hydrogens is 334 g/mol. The Labute approximate surface area is 149 Å². The van der Waals surface area contributed by atoms with Crippen LogP contribution in [0.1, 0.15) is 21.5 Å². The third-order valence-electron chi connectivity index (χ3n) is 3.85. The van der Waals surface area contributed by atoms with Gasteiger partial charge in [-0.2, -0.15) is 0 Å². The van der Waals surface area contributed by atoms with Crippen molar-refractivity contribution in [2.24, 2.45) is 0 Å². The van der Waals surface area contributed by atoms with Gasteiger partial charge in [0.05, 0.1) is 7.11 Å². The topological polar surface area (TPSA) is 89.5 Å². The van der Waals surface area contributed by atoms with E-state index in [1.54, 1.807) is 42.5 Å². The van der Waals surface area contributed by atoms with Crippen LogP contribution in [0.25, 0.3) is 22.5 Å². The second kappa shape index (κ2) is 7.25. The molecule has 0 amide bonds. The van der Waals surface area contributed by atoms with Crippen LogP contribution in [0.2, 0.25) is 0 Å². The lowest BCUT2D eigenvalue weighted by Gasteiger charge is -2.08. The average Bonchev–Trinajstić information content (AvgIpc) is 2.67. The Hall–Kier alpha value is -3.38. The van der Waals surface area contributed by atoms with Gasteiger partial charge in [-0.25, -0.2) is 9.59 Å². The van der Waals surface area contributed by atoms with Crippen LogP contribution in [0.3, 0.4) is 0 Å². The van der Waals surface area contributed by atoms with Crippen LogP contribution in [0, 0.1) is 0 Å². The molecule has 0 aliphatic rings. The summed E-state index contributed by atoms with van der Waals surface area (Å²) in [6.45, 7) is 3.83. The van der Waals surface area contributed by atoms with E-state index >= 15 is 0 Å². The molecule has 3 rings (SSSR count). The van der Waals surface area contributed by atoms with Crippen LogP contribution in [-0.4, -0.2) is 13.1 Å². The average molecular weight is 350 g/mol. The van der Waals surface area contributed by atoms with Gasteiger partial charge in [-0.3, -0.25) is 0 Å². The number of rotatable bonds is 5. The third kappa shape index (κ3) is 3.50. The highest BCUT2D eigenvalue weighted by molar-refractivity contribution is 5.94. The van der Waals surface area contributed by atoms with Gasteiger partial charge in [-0.15, -0.1) is 6.54 Å². The number of benzene rings is 2. The van der Waals surface area contributed by atoms with E-state index in [2.05, 4.69) is 6.58 Å². The Morgan fingerprint density at radius 1 is 1.15 bits per heavy atom. The van der Waals surface area contributed by atoms with E-state index in [0.717, 1.165) is 11.1 Å². The molecule has 132 valence electrons. The Morgan fingerprint density at radius 3 is 2.54 bits per heavy atom. The van der Waals surface area contributed by atoms with Gasteiger partial charge in [0.2, 0.25) is 0 Å². The molecule has 0 fully saturated rings. The Balaban J connectivity index is 1.88. The molecule has 26 heavy (non-hydrogen) atoms. The fourth-order valence-electron chi connectivity index (χ4n) is 2.41. The maximum atomic E-state index is 12.3. The van der Waals surface area contributed by atoms with Crippen LogP contribution in [-0.2, 0) is 11.3 Å². The van der Waals surface area contributed by atoms with E-state index < -0.39 is 11.6 Å². The second-order valence-electron chi connectivity index (χ2n) is 5.54. The predicted octanol–water partition coefficient (Wildman–Crippen LogP) is 4.18. The molecule has 3 aromatic rings. The molecule has 0 bridgehead atoms. The van der Waals surface area contributed by atoms with Gasteiger partial charge < -0.3 is 19.6 Å². The normalized spacial score (nSPS) is 10.5. The van der Waals surface area contributed by atoms with Gasteiger partial charge in [-0.1, -0.05) is 18.2 Å². The largest absolute Gasteiger partial charge is 0.674 e. The van der Waals surface area contributed by atoms with Gasteiger partial charge in [0.1, 0.15) is 22.7 Å². The minimum absolute atomic E-state index is 0.0912. The lowest BCUT2D eigenvalue weighted by Crippen LogP contribution is -2.18. The first-order valence-corrected chi connectivity index (χ1v) is 7.78. The number of fused-ring (bicyclic) bond motifs is 1. The summed E-state index contributed by atoms with van der Waals surface area (Å²) in [6.07, 6.45) is 0. The summed E-state index contributed by atoms with van der Waals surface area (Å²) in [5, 5.41) is 0.563. The number of hydrogen-bond acceptors (Lipinski definition) is 5. The molecule has 0 aliphatic carbocycles. The first kappa shape index (κ1) is 17.4. The highest BCUT2D eigenvalue weighted by Crippen LogP contribution is 2.20. The predicted molar refractivity (Wildman–Crippen MR) is 98.0 cm³/mol. The van der Waals surface area contributed by atoms with Crippen LogP contribution in [0.4, 0.5) is 0 Å². The smallest absolute Gasteiger partial charge is 0.351 e. The summed E-state index contributed by atoms with van der Waals surface area (Å²) in [6, 6.07) is 13.0. The fourth-order valence-corrected chi connectivity index (χ4v) is 2.41. The summed E-state index contributed by atoms with van der Waals surface area (Å²) in [5.74, 6) is -0.0412. The highest BCUT2D eigenvalue weighted by atomic mass is 16.5. The quantitative estimate of drug-likeness (QED) is 0.298. The minimum atomic E-state index is -0.810. The van der Waals surface area contributed by atoms with Gasteiger partial charge >= 0.3 is 11.6 Å². The number of methoxy groups -OCH3 is 1. The number of ether oxygens (including phenoxy) is 2. The summed E-state index contributed by atoms with van der Waals surface area (Å²) < 4.78 is 15.5. The first-order valence-electron chi connectivity index (χ1n) is 7.78. The molecular formula is C20H16NO5-. The van der Waals surface area contributed by atoms with Gasteiger partial charge in [-0.05, 0) is 42.5 Å². The summed E-state index contributed by atoms with van der Waals surface area (Å²) >= 11 is 0. The maximum Gasteiger partial charge on any atom is 0.351 e. The molecule has 1 heterocycles. The highest BCUT2D eigenvalue weighted by Gasteiger charge is 2.16. The van der Waals surface area contributed by atoms with Crippen molar-refractivity contribution in [2.45, 2.75) is 6.54 Å². The minimum Gasteiger partial charge on any atom is -0.674 e. The van der Waals surface area contributed by atoms with Crippen molar-refractivity contribution in [3.05, 3.63) is 88.0 Å². The maximum absolute atomic E-state index is 12.3. The molecule has 1 N–H and O–H groups in total. The number of carbonyl (C=O) groups excluding carboxylic acids is 1. The molecule has 0 atom stereocenters. The van der Waals surface area contributed by atoms with Crippen molar-refractivity contribution in [1.82, 2.24) is 0 Å². The van der Waals surface area contributed by atoms with Crippen LogP contribution < -0.4 is 10.4 Å². The van der Waals surface area contributed by atoms with Gasteiger partial charge in [0, 0.05) is 10.9 Å². The number of esters is 1. The zero-order valence-electron chi connectivity index (χ0n) is 14.1. The molecule has 0 spiro atoms. The van der Waals surface area contributed by atoms with Crippen LogP contribution >= 0.6 is 0 Å². The first-order chi connectivity index (χ1) is 12.5. The van der Waals surface area contributed by atoms with E-state index in [4.69, 9.17) is 19.6 Å². The summed E-state index contributed by atoms with van der Waals surface area (Å²) in [4.78, 5) is 24.4. The Morgan fingerprint density at radius 2 is 1.88 bits per heavy atom. The number of carbonyl (C=O) groups is 1. The molecule has 2 aromatic carbocycles. The van der Waals surface area contributed by atoms with E-state index in [1.165, 1.54) is 13.2 Å². The standard InChI is InChI=1S/C20H16NO5/c1-12(24-2)14-4-6-16(7-5-14)25-19(22)17-10-15-9-13(11-21)3-8-18(15)26-20(17)23/h3-10,21H,1,11H2,2H3/q-1. The Kier molecular flexibility index (Phi) is 4.86. The molecule has 6 heteroatoms. The lowest BCUT2D eigenvalue weighted by molar-refractivity contribution is 0.0730. The van der Waals surface area contributed by atoms with Crippen molar-refractivity contribution in [3.63, 3.8) is 0 Å². The molecule has 0 unspecified atom stereocenters. The zero-order valence-corrected chi connectivity index (χ0v) is 14.1. The molecule has 0 aliphatic heterocycles. The Bertz CT molecular complexity index is 1030. The van der Waals surface area contributed by atoms with Crippen molar-refractivity contribution in [2.75, 3.05) is 7.11 Å². The number of nitrogens with one attached hydrogen (secondary N) is 1. The van der Waals surface area contributed by atoms with Crippen LogP contribution in [0.15, 0.2) is 64.3 Å². The molecule has 0 saturated carbocycles. The summed E-state index contributed by atoms with van der Waals surface area (Å²) in [7, 11) is 1.52. The molecule has 6 nitrogen and oxygen atoms in total. The van der Waals surface area contributed by atoms with E-state index in [0.29, 0.717) is 16.7 Å². The molecule has 1 aromatic heterocycles. The molecule has 0 radical (unpaired) electrons. The van der Waals surface area contributed by atoms with E-state index in [1.807, 2.05) is 0 Å². The van der Waals surface area contributed by atoms with E-state index in [9.17, 15) is 9.59 Å².